The van der Waals surface area contributed by atoms with Crippen molar-refractivity contribution in [1.29, 1.82) is 0 Å². The number of methoxy groups -OCH3 is 3. The minimum Gasteiger partial charge on any atom is -0.493 e. The van der Waals surface area contributed by atoms with E-state index >= 15 is 0 Å². The quantitative estimate of drug-likeness (QED) is 0.783. The number of rotatable bonds is 6. The number of hydrogen-bond donors (Lipinski definition) is 2. The summed E-state index contributed by atoms with van der Waals surface area (Å²) in [7, 11) is 6.31. The number of carbonyl (C=O) groups excluding carboxylic acids is 2. The molecular formula is C18H22N4O5. The zero-order valence-corrected chi connectivity index (χ0v) is 15.7. The zero-order valence-electron chi connectivity index (χ0n) is 15.7. The SMILES string of the molecule is COc1cc(-c2cc(C(=O)N[C@H]3CC(=O)N(C)C3)[nH]n2)cc(OC)c1OC. The van der Waals surface area contributed by atoms with E-state index in [0.717, 1.165) is 0 Å². The Morgan fingerprint density at radius 2 is 1.85 bits per heavy atom. The molecule has 1 aromatic heterocycles. The standard InChI is InChI=1S/C18H22N4O5/c1-22-9-11(7-16(22)23)19-18(24)13-8-12(20-21-13)10-5-14(25-2)17(27-4)15(6-10)26-3/h5-6,8,11H,7,9H2,1-4H3,(H,19,24)(H,20,21)/t11-/m0/s1. The zero-order chi connectivity index (χ0) is 19.6. The molecule has 0 aliphatic carbocycles. The fourth-order valence-corrected chi connectivity index (χ4v) is 3.04. The molecule has 1 atom stereocenters. The number of nitrogens with zero attached hydrogens (tertiary/aromatic N) is 2. The summed E-state index contributed by atoms with van der Waals surface area (Å²) >= 11 is 0. The van der Waals surface area contributed by atoms with Gasteiger partial charge in [0.2, 0.25) is 11.7 Å². The van der Waals surface area contributed by atoms with Crippen LogP contribution in [0.5, 0.6) is 17.2 Å². The maximum atomic E-state index is 12.4. The largest absolute Gasteiger partial charge is 0.493 e. The Hall–Kier alpha value is -3.23. The number of aromatic nitrogens is 2. The Kier molecular flexibility index (Phi) is 5.20. The van der Waals surface area contributed by atoms with E-state index in [4.69, 9.17) is 14.2 Å². The van der Waals surface area contributed by atoms with Gasteiger partial charge in [0, 0.05) is 25.6 Å². The van der Waals surface area contributed by atoms with E-state index in [2.05, 4.69) is 15.5 Å². The molecule has 2 heterocycles. The van der Waals surface area contributed by atoms with Gasteiger partial charge in [-0.15, -0.1) is 0 Å². The average Bonchev–Trinajstić information content (AvgIpc) is 3.27. The van der Waals surface area contributed by atoms with Gasteiger partial charge in [-0.05, 0) is 18.2 Å². The molecule has 0 unspecified atom stereocenters. The molecule has 1 aromatic carbocycles. The van der Waals surface area contributed by atoms with Crippen molar-refractivity contribution < 1.29 is 23.8 Å². The molecule has 2 N–H and O–H groups in total. The van der Waals surface area contributed by atoms with Gasteiger partial charge < -0.3 is 24.4 Å². The predicted octanol–water partition coefficient (Wildman–Crippen LogP) is 1.06. The van der Waals surface area contributed by atoms with E-state index in [-0.39, 0.29) is 17.9 Å². The molecular weight excluding hydrogens is 352 g/mol. The Morgan fingerprint density at radius 1 is 1.19 bits per heavy atom. The second kappa shape index (κ2) is 7.56. The lowest BCUT2D eigenvalue weighted by atomic mass is 10.1. The van der Waals surface area contributed by atoms with Crippen molar-refractivity contribution in [1.82, 2.24) is 20.4 Å². The number of ether oxygens (including phenoxy) is 3. The second-order valence-corrected chi connectivity index (χ2v) is 6.23. The van der Waals surface area contributed by atoms with Crippen LogP contribution >= 0.6 is 0 Å². The fourth-order valence-electron chi connectivity index (χ4n) is 3.04. The van der Waals surface area contributed by atoms with Gasteiger partial charge >= 0.3 is 0 Å². The van der Waals surface area contributed by atoms with Crippen LogP contribution in [0, 0.1) is 0 Å². The first-order chi connectivity index (χ1) is 13.0. The van der Waals surface area contributed by atoms with Gasteiger partial charge in [0.25, 0.3) is 5.91 Å². The fraction of sp³-hybridized carbons (Fsp3) is 0.389. The van der Waals surface area contributed by atoms with Crippen LogP contribution in [0.3, 0.4) is 0 Å². The summed E-state index contributed by atoms with van der Waals surface area (Å²) in [6.45, 7) is 0.498. The van der Waals surface area contributed by atoms with Crippen molar-refractivity contribution in [2.45, 2.75) is 12.5 Å². The summed E-state index contributed by atoms with van der Waals surface area (Å²) in [6, 6.07) is 4.94. The topological polar surface area (TPSA) is 106 Å². The number of nitrogens with one attached hydrogen (secondary N) is 2. The number of carbonyl (C=O) groups is 2. The molecule has 9 nitrogen and oxygen atoms in total. The van der Waals surface area contributed by atoms with E-state index in [1.54, 1.807) is 30.1 Å². The molecule has 0 radical (unpaired) electrons. The molecule has 27 heavy (non-hydrogen) atoms. The minimum absolute atomic E-state index is 0.0167. The molecule has 0 bridgehead atoms. The molecule has 144 valence electrons. The van der Waals surface area contributed by atoms with Gasteiger partial charge in [0.1, 0.15) is 5.69 Å². The lowest BCUT2D eigenvalue weighted by Gasteiger charge is -2.13. The summed E-state index contributed by atoms with van der Waals surface area (Å²) in [5, 5.41) is 9.78. The Labute approximate surface area is 156 Å². The van der Waals surface area contributed by atoms with Gasteiger partial charge in [-0.1, -0.05) is 0 Å². The molecule has 1 aliphatic rings. The van der Waals surface area contributed by atoms with Gasteiger partial charge in [0.15, 0.2) is 11.5 Å². The normalized spacial score (nSPS) is 16.4. The summed E-state index contributed by atoms with van der Waals surface area (Å²) < 4.78 is 16.0. The maximum absolute atomic E-state index is 12.4. The smallest absolute Gasteiger partial charge is 0.269 e. The molecule has 2 aromatic rings. The Balaban J connectivity index is 1.81. The number of aromatic amines is 1. The van der Waals surface area contributed by atoms with Gasteiger partial charge in [0.05, 0.1) is 33.1 Å². The van der Waals surface area contributed by atoms with Crippen molar-refractivity contribution in [3.63, 3.8) is 0 Å². The van der Waals surface area contributed by atoms with Gasteiger partial charge in [-0.25, -0.2) is 0 Å². The van der Waals surface area contributed by atoms with E-state index in [9.17, 15) is 9.59 Å². The number of H-pyrrole nitrogens is 1. The highest BCUT2D eigenvalue weighted by atomic mass is 16.5. The highest BCUT2D eigenvalue weighted by Gasteiger charge is 2.28. The van der Waals surface area contributed by atoms with Crippen molar-refractivity contribution in [2.24, 2.45) is 0 Å². The van der Waals surface area contributed by atoms with E-state index < -0.39 is 0 Å². The van der Waals surface area contributed by atoms with Gasteiger partial charge in [-0.2, -0.15) is 5.10 Å². The molecule has 0 spiro atoms. The van der Waals surface area contributed by atoms with Crippen LogP contribution < -0.4 is 19.5 Å². The van der Waals surface area contributed by atoms with Crippen LogP contribution in [0.1, 0.15) is 16.9 Å². The lowest BCUT2D eigenvalue weighted by Crippen LogP contribution is -2.36. The molecule has 2 amide bonds. The van der Waals surface area contributed by atoms with E-state index in [1.807, 2.05) is 0 Å². The molecule has 9 heteroatoms. The average molecular weight is 374 g/mol. The minimum atomic E-state index is -0.311. The first kappa shape index (κ1) is 18.6. The van der Waals surface area contributed by atoms with Crippen LogP contribution in [-0.4, -0.2) is 67.9 Å². The second-order valence-electron chi connectivity index (χ2n) is 6.23. The maximum Gasteiger partial charge on any atom is 0.269 e. The molecule has 1 saturated heterocycles. The van der Waals surface area contributed by atoms with Crippen molar-refractivity contribution in [2.75, 3.05) is 34.9 Å². The number of benzene rings is 1. The van der Waals surface area contributed by atoms with Crippen LogP contribution in [-0.2, 0) is 4.79 Å². The molecule has 1 aliphatic heterocycles. The third-order valence-electron chi connectivity index (χ3n) is 4.46. The van der Waals surface area contributed by atoms with E-state index in [0.29, 0.717) is 47.2 Å². The van der Waals surface area contributed by atoms with Crippen LogP contribution in [0.25, 0.3) is 11.3 Å². The summed E-state index contributed by atoms with van der Waals surface area (Å²) in [5.41, 5.74) is 1.57. The monoisotopic (exact) mass is 374 g/mol. The predicted molar refractivity (Wildman–Crippen MR) is 97.2 cm³/mol. The third kappa shape index (κ3) is 3.67. The summed E-state index contributed by atoms with van der Waals surface area (Å²) in [6.07, 6.45) is 0.302. The number of likely N-dealkylation sites (tertiary alicyclic amines) is 1. The molecule has 3 rings (SSSR count). The number of hydrogen-bond acceptors (Lipinski definition) is 6. The molecule has 0 saturated carbocycles. The first-order valence-corrected chi connectivity index (χ1v) is 8.37. The highest BCUT2D eigenvalue weighted by Crippen LogP contribution is 2.40. The van der Waals surface area contributed by atoms with Crippen molar-refractivity contribution in [3.8, 4) is 28.5 Å². The van der Waals surface area contributed by atoms with Crippen molar-refractivity contribution >= 4 is 11.8 Å². The summed E-state index contributed by atoms with van der Waals surface area (Å²) in [4.78, 5) is 25.6. The molecule has 1 fully saturated rings. The number of amides is 2. The third-order valence-corrected chi connectivity index (χ3v) is 4.46. The van der Waals surface area contributed by atoms with Crippen LogP contribution in [0.15, 0.2) is 18.2 Å². The Morgan fingerprint density at radius 3 is 2.37 bits per heavy atom. The highest BCUT2D eigenvalue weighted by molar-refractivity contribution is 5.94. The van der Waals surface area contributed by atoms with Crippen LogP contribution in [0.4, 0.5) is 0 Å². The van der Waals surface area contributed by atoms with Crippen molar-refractivity contribution in [3.05, 3.63) is 23.9 Å². The number of likely N-dealkylation sites (N-methyl/N-ethyl adjacent to an activating group) is 1. The summed E-state index contributed by atoms with van der Waals surface area (Å²) in [5.74, 6) is 1.17. The Bertz CT molecular complexity index is 838. The first-order valence-electron chi connectivity index (χ1n) is 8.37. The van der Waals surface area contributed by atoms with E-state index in [1.165, 1.54) is 21.3 Å². The van der Waals surface area contributed by atoms with Crippen LogP contribution in [0.2, 0.25) is 0 Å². The van der Waals surface area contributed by atoms with Gasteiger partial charge in [-0.3, -0.25) is 14.7 Å². The lowest BCUT2D eigenvalue weighted by molar-refractivity contribution is -0.126.